The van der Waals surface area contributed by atoms with Crippen LogP contribution in [0.25, 0.3) is 0 Å². The molecule has 0 aromatic rings. The van der Waals surface area contributed by atoms with Gasteiger partial charge in [0.1, 0.15) is 23.7 Å². The van der Waals surface area contributed by atoms with E-state index < -0.39 is 59.7 Å². The fourth-order valence-electron chi connectivity index (χ4n) is 4.18. The molecule has 258 valence electrons. The minimum absolute atomic E-state index is 0.0503. The molecule has 0 bridgehead atoms. The summed E-state index contributed by atoms with van der Waals surface area (Å²) in [5, 5.41) is 24.9. The lowest BCUT2D eigenvalue weighted by atomic mass is 9.96. The number of ether oxygens (including phenoxy) is 1. The summed E-state index contributed by atoms with van der Waals surface area (Å²) >= 11 is 2.97. The number of aliphatic hydroxyl groups excluding tert-OH is 1. The van der Waals surface area contributed by atoms with Crippen molar-refractivity contribution < 1.29 is 33.8 Å². The first kappa shape index (κ1) is 40.6. The number of hydrogen-bond donors (Lipinski definition) is 6. The molecule has 14 heteroatoms. The van der Waals surface area contributed by atoms with Gasteiger partial charge in [0.2, 0.25) is 23.6 Å². The van der Waals surface area contributed by atoms with Gasteiger partial charge in [-0.1, -0.05) is 46.3 Å². The summed E-state index contributed by atoms with van der Waals surface area (Å²) in [5.41, 5.74) is -0.742. The van der Waals surface area contributed by atoms with Gasteiger partial charge in [0, 0.05) is 35.5 Å². The van der Waals surface area contributed by atoms with Crippen LogP contribution in [0.4, 0.5) is 4.79 Å². The van der Waals surface area contributed by atoms with Crippen molar-refractivity contribution >= 4 is 53.2 Å². The molecular formula is C31H55N5O7S2. The minimum Gasteiger partial charge on any atom is -0.444 e. The second-order valence-electron chi connectivity index (χ2n) is 12.7. The van der Waals surface area contributed by atoms with Crippen LogP contribution in [0.15, 0.2) is 12.2 Å². The molecule has 12 nitrogen and oxygen atoms in total. The van der Waals surface area contributed by atoms with Gasteiger partial charge in [0.25, 0.3) is 0 Å². The molecule has 0 fully saturated rings. The second kappa shape index (κ2) is 20.6. The van der Waals surface area contributed by atoms with Crippen molar-refractivity contribution in [3.05, 3.63) is 12.2 Å². The van der Waals surface area contributed by atoms with Crippen LogP contribution in [0.3, 0.4) is 0 Å². The van der Waals surface area contributed by atoms with Crippen molar-refractivity contribution in [1.82, 2.24) is 26.6 Å². The SMILES string of the molecule is CCCCNC(=O)[C@@H](NC(=O)[C@H](C)C[C@H](O)[C@@H]1CSC/C=C\CSC[C@H](NC(=O)OC(C)(C)C)C(=O)N[C@@H](C)C(=O)N1)C(C)C. The van der Waals surface area contributed by atoms with Crippen LogP contribution in [-0.2, 0) is 23.9 Å². The van der Waals surface area contributed by atoms with Crippen LogP contribution >= 0.6 is 23.5 Å². The molecule has 0 radical (unpaired) electrons. The Hall–Kier alpha value is -2.45. The first-order valence-electron chi connectivity index (χ1n) is 15.7. The standard InChI is InChI=1S/C31H55N5O7S2/c1-9-10-13-32-29(41)25(19(2)3)36-26(38)20(4)16-24(37)22-17-44-14-11-12-15-45-18-23(35-30(42)43-31(6,7)8)28(40)33-21(5)27(39)34-22/h11-12,19-25,37H,9-10,13-18H2,1-8H3,(H,32,41)(H,33,40)(H,34,39)(H,35,42)(H,36,38)/b12-11-/t20-,21+,22+,23+,24+,25+/m1/s1. The molecule has 0 aromatic carbocycles. The molecule has 6 N–H and O–H groups in total. The number of aliphatic hydroxyl groups is 1. The number of carbonyl (C=O) groups excluding carboxylic acids is 5. The predicted octanol–water partition coefficient (Wildman–Crippen LogP) is 2.35. The van der Waals surface area contributed by atoms with Crippen molar-refractivity contribution in [2.24, 2.45) is 11.8 Å². The van der Waals surface area contributed by atoms with Crippen molar-refractivity contribution in [2.75, 3.05) is 29.6 Å². The first-order valence-corrected chi connectivity index (χ1v) is 18.0. The molecule has 0 spiro atoms. The molecule has 1 heterocycles. The molecule has 5 amide bonds. The maximum atomic E-state index is 13.2. The quantitative estimate of drug-likeness (QED) is 0.142. The van der Waals surface area contributed by atoms with Gasteiger partial charge in [-0.05, 0) is 46.5 Å². The van der Waals surface area contributed by atoms with Crippen molar-refractivity contribution in [2.45, 2.75) is 111 Å². The van der Waals surface area contributed by atoms with Crippen molar-refractivity contribution in [3.63, 3.8) is 0 Å². The van der Waals surface area contributed by atoms with E-state index in [2.05, 4.69) is 26.6 Å². The molecule has 0 aliphatic carbocycles. The average molecular weight is 674 g/mol. The van der Waals surface area contributed by atoms with E-state index in [1.807, 2.05) is 32.9 Å². The Bertz CT molecular complexity index is 1010. The Morgan fingerprint density at radius 1 is 1.02 bits per heavy atom. The highest BCUT2D eigenvalue weighted by Gasteiger charge is 2.32. The molecule has 0 unspecified atom stereocenters. The van der Waals surface area contributed by atoms with E-state index in [0.717, 1.165) is 12.8 Å². The lowest BCUT2D eigenvalue weighted by Crippen LogP contribution is -2.56. The Balaban J connectivity index is 2.95. The number of rotatable bonds is 11. The maximum Gasteiger partial charge on any atom is 0.408 e. The fraction of sp³-hybridized carbons (Fsp3) is 0.774. The summed E-state index contributed by atoms with van der Waals surface area (Å²) in [6, 6.07) is -3.31. The van der Waals surface area contributed by atoms with E-state index in [0.29, 0.717) is 23.8 Å². The van der Waals surface area contributed by atoms with Gasteiger partial charge in [-0.25, -0.2) is 4.79 Å². The molecular weight excluding hydrogens is 619 g/mol. The van der Waals surface area contributed by atoms with Crippen LogP contribution in [0.1, 0.15) is 74.7 Å². The number of unbranched alkanes of at least 4 members (excludes halogenated alkanes) is 1. The lowest BCUT2D eigenvalue weighted by molar-refractivity contribution is -0.132. The van der Waals surface area contributed by atoms with E-state index in [-0.39, 0.29) is 29.9 Å². The first-order chi connectivity index (χ1) is 21.0. The van der Waals surface area contributed by atoms with Gasteiger partial charge < -0.3 is 36.4 Å². The average Bonchev–Trinajstić information content (AvgIpc) is 2.94. The summed E-state index contributed by atoms with van der Waals surface area (Å²) in [6.45, 7) is 14.7. The monoisotopic (exact) mass is 673 g/mol. The van der Waals surface area contributed by atoms with Gasteiger partial charge >= 0.3 is 6.09 Å². The Morgan fingerprint density at radius 2 is 1.64 bits per heavy atom. The Morgan fingerprint density at radius 3 is 2.22 bits per heavy atom. The highest BCUT2D eigenvalue weighted by Crippen LogP contribution is 2.16. The van der Waals surface area contributed by atoms with Gasteiger partial charge in [-0.3, -0.25) is 19.2 Å². The third-order valence-electron chi connectivity index (χ3n) is 6.85. The van der Waals surface area contributed by atoms with Gasteiger partial charge in [0.15, 0.2) is 0 Å². The third-order valence-corrected chi connectivity index (χ3v) is 8.87. The Kier molecular flexibility index (Phi) is 18.6. The van der Waals surface area contributed by atoms with Crippen LogP contribution in [-0.4, -0.2) is 100 Å². The Labute approximate surface area is 277 Å². The molecule has 6 atom stereocenters. The van der Waals surface area contributed by atoms with Gasteiger partial charge in [-0.2, -0.15) is 23.5 Å². The minimum atomic E-state index is -1.07. The van der Waals surface area contributed by atoms with Crippen molar-refractivity contribution in [1.29, 1.82) is 0 Å². The predicted molar refractivity (Wildman–Crippen MR) is 181 cm³/mol. The summed E-state index contributed by atoms with van der Waals surface area (Å²) < 4.78 is 5.30. The number of carbonyl (C=O) groups is 5. The van der Waals surface area contributed by atoms with Crippen LogP contribution in [0, 0.1) is 11.8 Å². The molecule has 1 rings (SSSR count). The zero-order chi connectivity index (χ0) is 34.2. The van der Waals surface area contributed by atoms with Crippen molar-refractivity contribution in [3.8, 4) is 0 Å². The number of amides is 5. The fourth-order valence-corrected chi connectivity index (χ4v) is 6.03. The topological polar surface area (TPSA) is 175 Å². The lowest BCUT2D eigenvalue weighted by Gasteiger charge is -2.29. The van der Waals surface area contributed by atoms with E-state index in [9.17, 15) is 29.1 Å². The summed E-state index contributed by atoms with van der Waals surface area (Å²) in [5.74, 6) is -0.535. The third kappa shape index (κ3) is 16.6. The van der Waals surface area contributed by atoms with Crippen LogP contribution < -0.4 is 26.6 Å². The number of nitrogens with one attached hydrogen (secondary N) is 5. The van der Waals surface area contributed by atoms with E-state index in [4.69, 9.17) is 4.74 Å². The zero-order valence-corrected chi connectivity index (χ0v) is 29.7. The van der Waals surface area contributed by atoms with Gasteiger partial charge in [0.05, 0.1) is 12.1 Å². The van der Waals surface area contributed by atoms with Crippen LogP contribution in [0.2, 0.25) is 0 Å². The summed E-state index contributed by atoms with van der Waals surface area (Å²) in [7, 11) is 0. The van der Waals surface area contributed by atoms with E-state index in [1.165, 1.54) is 30.4 Å². The molecule has 0 saturated heterocycles. The normalized spacial score (nSPS) is 23.2. The maximum absolute atomic E-state index is 13.2. The van der Waals surface area contributed by atoms with E-state index in [1.54, 1.807) is 27.7 Å². The molecule has 1 aliphatic rings. The largest absolute Gasteiger partial charge is 0.444 e. The molecule has 0 aromatic heterocycles. The molecule has 45 heavy (non-hydrogen) atoms. The summed E-state index contributed by atoms with van der Waals surface area (Å²) in [4.78, 5) is 64.3. The van der Waals surface area contributed by atoms with Crippen LogP contribution in [0.5, 0.6) is 0 Å². The molecule has 0 saturated carbocycles. The smallest absolute Gasteiger partial charge is 0.408 e. The highest BCUT2D eigenvalue weighted by molar-refractivity contribution is 7.99. The number of thioether (sulfide) groups is 2. The van der Waals surface area contributed by atoms with E-state index >= 15 is 0 Å². The highest BCUT2D eigenvalue weighted by atomic mass is 32.2. The number of hydrogen-bond acceptors (Lipinski definition) is 9. The number of alkyl carbamates (subject to hydrolysis) is 1. The zero-order valence-electron chi connectivity index (χ0n) is 28.1. The molecule has 1 aliphatic heterocycles. The second-order valence-corrected chi connectivity index (χ2v) is 14.8. The summed E-state index contributed by atoms with van der Waals surface area (Å²) in [6.07, 6.45) is 3.96. The van der Waals surface area contributed by atoms with Gasteiger partial charge in [-0.15, -0.1) is 0 Å².